The maximum absolute atomic E-state index is 11.1. The lowest BCUT2D eigenvalue weighted by Crippen LogP contribution is -2.57. The van der Waals surface area contributed by atoms with E-state index in [-0.39, 0.29) is 5.41 Å². The summed E-state index contributed by atoms with van der Waals surface area (Å²) in [6.07, 6.45) is 2.27. The molecule has 3 fully saturated rings. The molecule has 1 aromatic carbocycles. The first-order chi connectivity index (χ1) is 8.89. The smallest absolute Gasteiger partial charge is 0.105 e. The highest BCUT2D eigenvalue weighted by molar-refractivity contribution is 5.32. The Morgan fingerprint density at radius 3 is 2.11 bits per heavy atom. The van der Waals surface area contributed by atoms with Gasteiger partial charge in [-0.25, -0.2) is 0 Å². The van der Waals surface area contributed by atoms with Gasteiger partial charge in [0, 0.05) is 6.54 Å². The highest BCUT2D eigenvalue weighted by atomic mass is 16.3. The van der Waals surface area contributed by atoms with Crippen LogP contribution in [0.15, 0.2) is 24.3 Å². The number of fused-ring (bicyclic) bond motifs is 3. The van der Waals surface area contributed by atoms with Crippen molar-refractivity contribution in [1.82, 2.24) is 4.90 Å². The predicted molar refractivity (Wildman–Crippen MR) is 78.2 cm³/mol. The summed E-state index contributed by atoms with van der Waals surface area (Å²) in [5, 5.41) is 11.1. The first kappa shape index (κ1) is 13.1. The molecule has 2 heteroatoms. The topological polar surface area (TPSA) is 23.5 Å². The zero-order chi connectivity index (χ0) is 13.7. The summed E-state index contributed by atoms with van der Waals surface area (Å²) in [6.45, 7) is 9.81. The Bertz CT molecular complexity index is 451. The molecule has 0 aliphatic carbocycles. The van der Waals surface area contributed by atoms with Crippen molar-refractivity contribution in [2.75, 3.05) is 19.6 Å². The Balaban J connectivity index is 1.90. The third kappa shape index (κ3) is 2.21. The van der Waals surface area contributed by atoms with Crippen molar-refractivity contribution in [2.45, 2.75) is 44.6 Å². The van der Waals surface area contributed by atoms with E-state index in [0.717, 1.165) is 38.0 Å². The number of hydrogen-bond acceptors (Lipinski definition) is 2. The van der Waals surface area contributed by atoms with Gasteiger partial charge in [0.05, 0.1) is 0 Å². The number of benzene rings is 1. The fourth-order valence-electron chi connectivity index (χ4n) is 3.62. The lowest BCUT2D eigenvalue weighted by Gasteiger charge is -2.50. The average Bonchev–Trinajstić information content (AvgIpc) is 2.39. The van der Waals surface area contributed by atoms with Gasteiger partial charge in [-0.3, -0.25) is 0 Å². The molecular formula is C17H25NO. The van der Waals surface area contributed by atoms with Crippen LogP contribution in [-0.4, -0.2) is 29.6 Å². The molecule has 0 saturated carbocycles. The molecule has 1 aromatic rings. The first-order valence-electron chi connectivity index (χ1n) is 7.45. The summed E-state index contributed by atoms with van der Waals surface area (Å²) in [7, 11) is 0. The van der Waals surface area contributed by atoms with E-state index >= 15 is 0 Å². The summed E-state index contributed by atoms with van der Waals surface area (Å²) in [4.78, 5) is 2.40. The van der Waals surface area contributed by atoms with Gasteiger partial charge in [0.2, 0.25) is 0 Å². The second-order valence-corrected chi connectivity index (χ2v) is 7.30. The summed E-state index contributed by atoms with van der Waals surface area (Å²) < 4.78 is 0. The molecular weight excluding hydrogens is 234 g/mol. The number of piperidine rings is 3. The SMILES string of the molecule is CC(C)(C)c1ccc([C@]2(O)CN3CCC2CC3)cc1. The van der Waals surface area contributed by atoms with Crippen LogP contribution in [0.4, 0.5) is 0 Å². The lowest BCUT2D eigenvalue weighted by atomic mass is 9.71. The molecule has 1 N–H and O–H groups in total. The quantitative estimate of drug-likeness (QED) is 0.838. The van der Waals surface area contributed by atoms with Crippen LogP contribution in [0.1, 0.15) is 44.7 Å². The van der Waals surface area contributed by atoms with Crippen LogP contribution >= 0.6 is 0 Å². The van der Waals surface area contributed by atoms with E-state index in [4.69, 9.17) is 0 Å². The zero-order valence-corrected chi connectivity index (χ0v) is 12.3. The van der Waals surface area contributed by atoms with E-state index in [1.165, 1.54) is 5.56 Å². The molecule has 0 spiro atoms. The molecule has 2 bridgehead atoms. The number of hydrogen-bond donors (Lipinski definition) is 1. The van der Waals surface area contributed by atoms with Gasteiger partial charge in [0.1, 0.15) is 5.60 Å². The summed E-state index contributed by atoms with van der Waals surface area (Å²) in [5.41, 5.74) is 2.00. The summed E-state index contributed by atoms with van der Waals surface area (Å²) in [6, 6.07) is 8.65. The van der Waals surface area contributed by atoms with Crippen LogP contribution in [-0.2, 0) is 11.0 Å². The summed E-state index contributed by atoms with van der Waals surface area (Å²) in [5.74, 6) is 0.443. The molecule has 3 aliphatic heterocycles. The van der Waals surface area contributed by atoms with Crippen molar-refractivity contribution in [2.24, 2.45) is 5.92 Å². The highest BCUT2D eigenvalue weighted by Crippen LogP contribution is 2.42. The van der Waals surface area contributed by atoms with Crippen LogP contribution in [0, 0.1) is 5.92 Å². The maximum atomic E-state index is 11.1. The predicted octanol–water partition coefficient (Wildman–Crippen LogP) is 2.90. The van der Waals surface area contributed by atoms with E-state index in [9.17, 15) is 5.11 Å². The van der Waals surface area contributed by atoms with Crippen LogP contribution in [0.2, 0.25) is 0 Å². The third-order valence-corrected chi connectivity index (χ3v) is 4.98. The monoisotopic (exact) mass is 259 g/mol. The minimum atomic E-state index is -0.618. The van der Waals surface area contributed by atoms with Crippen molar-refractivity contribution in [3.8, 4) is 0 Å². The minimum absolute atomic E-state index is 0.177. The van der Waals surface area contributed by atoms with Gasteiger partial charge >= 0.3 is 0 Å². The standard InChI is InChI=1S/C17H25NO/c1-16(2,3)13-4-6-14(7-5-13)17(19)12-18-10-8-15(17)9-11-18/h4-7,15,19H,8-12H2,1-3H3/t17-/m1/s1. The van der Waals surface area contributed by atoms with Gasteiger partial charge < -0.3 is 10.0 Å². The van der Waals surface area contributed by atoms with Crippen LogP contribution in [0.3, 0.4) is 0 Å². The molecule has 0 aromatic heterocycles. The van der Waals surface area contributed by atoms with E-state index in [1.54, 1.807) is 0 Å². The van der Waals surface area contributed by atoms with Crippen molar-refractivity contribution < 1.29 is 5.11 Å². The molecule has 4 rings (SSSR count). The van der Waals surface area contributed by atoms with Gasteiger partial charge in [-0.2, -0.15) is 0 Å². The lowest BCUT2D eigenvalue weighted by molar-refractivity contribution is -0.117. The second kappa shape index (κ2) is 4.32. The molecule has 0 unspecified atom stereocenters. The first-order valence-corrected chi connectivity index (χ1v) is 7.45. The third-order valence-electron chi connectivity index (χ3n) is 4.98. The van der Waals surface area contributed by atoms with Crippen LogP contribution in [0.25, 0.3) is 0 Å². The van der Waals surface area contributed by atoms with Gasteiger partial charge in [-0.15, -0.1) is 0 Å². The van der Waals surface area contributed by atoms with Gasteiger partial charge in [0.15, 0.2) is 0 Å². The Hall–Kier alpha value is -0.860. The Morgan fingerprint density at radius 2 is 1.68 bits per heavy atom. The van der Waals surface area contributed by atoms with Gasteiger partial charge in [0.25, 0.3) is 0 Å². The van der Waals surface area contributed by atoms with E-state index in [1.807, 2.05) is 0 Å². The molecule has 2 nitrogen and oxygen atoms in total. The normalized spacial score (nSPS) is 34.5. The fourth-order valence-corrected chi connectivity index (χ4v) is 3.62. The Labute approximate surface area is 116 Å². The molecule has 104 valence electrons. The van der Waals surface area contributed by atoms with Crippen molar-refractivity contribution in [3.05, 3.63) is 35.4 Å². The fraction of sp³-hybridized carbons (Fsp3) is 0.647. The van der Waals surface area contributed by atoms with Gasteiger partial charge in [-0.05, 0) is 48.4 Å². The molecule has 0 radical (unpaired) electrons. The molecule has 3 saturated heterocycles. The maximum Gasteiger partial charge on any atom is 0.105 e. The number of nitrogens with zero attached hydrogens (tertiary/aromatic N) is 1. The zero-order valence-electron chi connectivity index (χ0n) is 12.3. The van der Waals surface area contributed by atoms with E-state index in [2.05, 4.69) is 49.9 Å². The molecule has 0 amide bonds. The van der Waals surface area contributed by atoms with Gasteiger partial charge in [-0.1, -0.05) is 45.0 Å². The van der Waals surface area contributed by atoms with E-state index in [0.29, 0.717) is 5.92 Å². The Kier molecular flexibility index (Phi) is 2.99. The second-order valence-electron chi connectivity index (χ2n) is 7.30. The minimum Gasteiger partial charge on any atom is -0.384 e. The van der Waals surface area contributed by atoms with Crippen molar-refractivity contribution in [1.29, 1.82) is 0 Å². The number of rotatable bonds is 1. The molecule has 3 heterocycles. The molecule has 19 heavy (non-hydrogen) atoms. The van der Waals surface area contributed by atoms with Crippen LogP contribution < -0.4 is 0 Å². The largest absolute Gasteiger partial charge is 0.384 e. The highest BCUT2D eigenvalue weighted by Gasteiger charge is 2.46. The average molecular weight is 259 g/mol. The van der Waals surface area contributed by atoms with Crippen molar-refractivity contribution >= 4 is 0 Å². The van der Waals surface area contributed by atoms with Crippen molar-refractivity contribution in [3.63, 3.8) is 0 Å². The van der Waals surface area contributed by atoms with E-state index < -0.39 is 5.60 Å². The molecule has 3 aliphatic rings. The summed E-state index contributed by atoms with van der Waals surface area (Å²) >= 11 is 0. The van der Waals surface area contributed by atoms with Crippen LogP contribution in [0.5, 0.6) is 0 Å². The number of aliphatic hydroxyl groups is 1. The molecule has 1 atom stereocenters. The Morgan fingerprint density at radius 1 is 1.11 bits per heavy atom.